The highest BCUT2D eigenvalue weighted by Crippen LogP contribution is 2.38. The Hall–Kier alpha value is -2.82. The number of halogens is 3. The van der Waals surface area contributed by atoms with Crippen molar-refractivity contribution in [3.8, 4) is 5.75 Å². The van der Waals surface area contributed by atoms with Gasteiger partial charge in [0.1, 0.15) is 23.2 Å². The number of nitrogens with zero attached hydrogens (tertiary/aromatic N) is 2. The first-order chi connectivity index (χ1) is 18.3. The minimum Gasteiger partial charge on any atom is -0.497 e. The van der Waals surface area contributed by atoms with Gasteiger partial charge in [0.25, 0.3) is 0 Å². The predicted octanol–water partition coefficient (Wildman–Crippen LogP) is 5.67. The van der Waals surface area contributed by atoms with Crippen LogP contribution in [0.1, 0.15) is 36.8 Å². The van der Waals surface area contributed by atoms with Gasteiger partial charge >= 0.3 is 0 Å². The molecule has 204 valence electrons. The van der Waals surface area contributed by atoms with Crippen LogP contribution in [-0.2, 0) is 11.2 Å². The minimum absolute atomic E-state index is 0.186. The van der Waals surface area contributed by atoms with Gasteiger partial charge < -0.3 is 9.64 Å². The molecular formula is C28H32F3N3O3S. The third kappa shape index (κ3) is 6.24. The summed E-state index contributed by atoms with van der Waals surface area (Å²) in [6, 6.07) is 7.17. The summed E-state index contributed by atoms with van der Waals surface area (Å²) in [5.74, 6) is -1.93. The Morgan fingerprint density at radius 1 is 1.18 bits per heavy atom. The number of nitrogens with one attached hydrogen (secondary N) is 1. The molecule has 0 radical (unpaired) electrons. The zero-order valence-corrected chi connectivity index (χ0v) is 22.3. The minimum atomic E-state index is -0.939. The van der Waals surface area contributed by atoms with E-state index in [1.165, 1.54) is 5.56 Å². The molecular weight excluding hydrogens is 515 g/mol. The van der Waals surface area contributed by atoms with Gasteiger partial charge in [-0.05, 0) is 81.4 Å². The van der Waals surface area contributed by atoms with Crippen LogP contribution in [0.15, 0.2) is 41.4 Å². The maximum Gasteiger partial charge on any atom is 0.249 e. The number of aryl methyl sites for hydroxylation is 2. The molecule has 0 unspecified atom stereocenters. The Bertz CT molecular complexity index is 1280. The van der Waals surface area contributed by atoms with E-state index in [0.29, 0.717) is 56.8 Å². The van der Waals surface area contributed by atoms with Gasteiger partial charge in [-0.25, -0.2) is 18.7 Å². The normalized spacial score (nSPS) is 15.5. The summed E-state index contributed by atoms with van der Waals surface area (Å²) < 4.78 is 46.3. The van der Waals surface area contributed by atoms with Gasteiger partial charge in [-0.3, -0.25) is 15.0 Å². The van der Waals surface area contributed by atoms with E-state index in [1.54, 1.807) is 7.11 Å². The highest BCUT2D eigenvalue weighted by Gasteiger charge is 2.40. The molecule has 2 N–H and O–H groups in total. The number of rotatable bonds is 10. The zero-order chi connectivity index (χ0) is 27.3. The first-order valence-corrected chi connectivity index (χ1v) is 13.6. The number of aromatic nitrogens is 1. The van der Waals surface area contributed by atoms with Gasteiger partial charge in [0, 0.05) is 36.0 Å². The number of hydrogen-bond acceptors (Lipinski definition) is 6. The molecule has 1 aliphatic heterocycles. The van der Waals surface area contributed by atoms with Crippen molar-refractivity contribution < 1.29 is 27.9 Å². The second-order valence-electron chi connectivity index (χ2n) is 9.77. The lowest BCUT2D eigenvalue weighted by molar-refractivity contribution is -0.143. The lowest BCUT2D eigenvalue weighted by Crippen LogP contribution is -2.48. The maximum atomic E-state index is 13.9. The van der Waals surface area contributed by atoms with Gasteiger partial charge in [0.2, 0.25) is 5.91 Å². The molecule has 0 atom stereocenters. The molecule has 1 amide bonds. The summed E-state index contributed by atoms with van der Waals surface area (Å²) in [5, 5.41) is 10.5. The molecule has 38 heavy (non-hydrogen) atoms. The van der Waals surface area contributed by atoms with Crippen LogP contribution in [0, 0.1) is 29.8 Å². The van der Waals surface area contributed by atoms with Crippen molar-refractivity contribution in [3.05, 3.63) is 65.1 Å². The highest BCUT2D eigenvalue weighted by molar-refractivity contribution is 7.99. The molecule has 1 aromatic heterocycles. The number of ether oxygens (including phenoxy) is 1. The van der Waals surface area contributed by atoms with E-state index in [0.717, 1.165) is 46.8 Å². The Morgan fingerprint density at radius 3 is 2.55 bits per heavy atom. The molecule has 6 nitrogen and oxygen atoms in total. The molecule has 3 aromatic rings. The SMILES string of the molecule is COc1ccc2ncc(C)c(CCCC3(C(=O)NO)CCN(CCSc4c(F)cc(F)cc4F)CC3)c2c1. The topological polar surface area (TPSA) is 74.7 Å². The number of hydroxylamine groups is 1. The third-order valence-corrected chi connectivity index (χ3v) is 8.56. The summed E-state index contributed by atoms with van der Waals surface area (Å²) in [6.45, 7) is 3.84. The van der Waals surface area contributed by atoms with Crippen molar-refractivity contribution in [3.63, 3.8) is 0 Å². The number of carbonyl (C=O) groups excluding carboxylic acids is 1. The number of hydrogen-bond donors (Lipinski definition) is 2. The van der Waals surface area contributed by atoms with Crippen LogP contribution in [0.5, 0.6) is 5.75 Å². The summed E-state index contributed by atoms with van der Waals surface area (Å²) in [4.78, 5) is 19.2. The van der Waals surface area contributed by atoms with Gasteiger partial charge in [-0.15, -0.1) is 11.8 Å². The van der Waals surface area contributed by atoms with E-state index in [-0.39, 0.29) is 10.8 Å². The fourth-order valence-corrected chi connectivity index (χ4v) is 6.19. The van der Waals surface area contributed by atoms with Crippen molar-refractivity contribution in [1.82, 2.24) is 15.4 Å². The van der Waals surface area contributed by atoms with Crippen LogP contribution in [0.2, 0.25) is 0 Å². The number of benzene rings is 2. The molecule has 1 aliphatic rings. The summed E-state index contributed by atoms with van der Waals surface area (Å²) in [5.41, 5.74) is 4.32. The Morgan fingerprint density at radius 2 is 1.89 bits per heavy atom. The average molecular weight is 548 g/mol. The number of amides is 1. The fourth-order valence-electron chi connectivity index (χ4n) is 5.25. The number of pyridine rings is 1. The number of likely N-dealkylation sites (tertiary alicyclic amines) is 1. The number of carbonyl (C=O) groups is 1. The number of fused-ring (bicyclic) bond motifs is 1. The number of piperidine rings is 1. The predicted molar refractivity (Wildman–Crippen MR) is 141 cm³/mol. The Labute approximate surface area is 224 Å². The van der Waals surface area contributed by atoms with Gasteiger partial charge in [0.15, 0.2) is 0 Å². The molecule has 2 heterocycles. The standard InChI is InChI=1S/C28H32F3N3O3S/c1-18-17-32-25-6-5-20(37-2)16-22(25)21(18)4-3-7-28(27(35)33-36)8-10-34(11-9-28)12-13-38-26-23(30)14-19(29)15-24(26)31/h5-6,14-17,36H,3-4,7-13H2,1-2H3,(H,33,35). The van der Waals surface area contributed by atoms with Crippen LogP contribution in [0.25, 0.3) is 10.9 Å². The fraction of sp³-hybridized carbons (Fsp3) is 0.429. The van der Waals surface area contributed by atoms with Crippen molar-refractivity contribution in [1.29, 1.82) is 0 Å². The molecule has 10 heteroatoms. The monoisotopic (exact) mass is 547 g/mol. The molecule has 0 saturated carbocycles. The van der Waals surface area contributed by atoms with Gasteiger partial charge in [0.05, 0.1) is 22.9 Å². The molecule has 1 saturated heterocycles. The number of methoxy groups -OCH3 is 1. The van der Waals surface area contributed by atoms with Crippen molar-refractivity contribution in [2.24, 2.45) is 5.41 Å². The van der Waals surface area contributed by atoms with Crippen LogP contribution in [0.3, 0.4) is 0 Å². The zero-order valence-electron chi connectivity index (χ0n) is 21.5. The van der Waals surface area contributed by atoms with E-state index >= 15 is 0 Å². The van der Waals surface area contributed by atoms with Crippen LogP contribution in [-0.4, -0.2) is 53.5 Å². The smallest absolute Gasteiger partial charge is 0.249 e. The lowest BCUT2D eigenvalue weighted by Gasteiger charge is -2.40. The second kappa shape index (κ2) is 12.4. The van der Waals surface area contributed by atoms with Gasteiger partial charge in [-0.1, -0.05) is 0 Å². The van der Waals surface area contributed by atoms with E-state index in [9.17, 15) is 23.2 Å². The van der Waals surface area contributed by atoms with Crippen molar-refractivity contribution >= 4 is 28.6 Å². The van der Waals surface area contributed by atoms with Crippen molar-refractivity contribution in [2.45, 2.75) is 43.9 Å². The van der Waals surface area contributed by atoms with E-state index in [4.69, 9.17) is 4.74 Å². The first kappa shape index (κ1) is 28.2. The van der Waals surface area contributed by atoms with E-state index in [1.807, 2.05) is 36.8 Å². The molecule has 0 spiro atoms. The van der Waals surface area contributed by atoms with E-state index in [2.05, 4.69) is 9.88 Å². The van der Waals surface area contributed by atoms with E-state index < -0.39 is 22.9 Å². The first-order valence-electron chi connectivity index (χ1n) is 12.6. The Kier molecular flexibility index (Phi) is 9.17. The van der Waals surface area contributed by atoms with Crippen molar-refractivity contribution in [2.75, 3.05) is 32.5 Å². The summed E-state index contributed by atoms with van der Waals surface area (Å²) >= 11 is 1.01. The quantitative estimate of drug-likeness (QED) is 0.194. The van der Waals surface area contributed by atoms with Crippen LogP contribution >= 0.6 is 11.8 Å². The summed E-state index contributed by atoms with van der Waals surface area (Å²) in [7, 11) is 1.63. The molecule has 0 bridgehead atoms. The third-order valence-electron chi connectivity index (χ3n) is 7.50. The highest BCUT2D eigenvalue weighted by atomic mass is 32.2. The average Bonchev–Trinajstić information content (AvgIpc) is 2.91. The molecule has 2 aromatic carbocycles. The lowest BCUT2D eigenvalue weighted by atomic mass is 9.73. The molecule has 0 aliphatic carbocycles. The largest absolute Gasteiger partial charge is 0.497 e. The molecule has 4 rings (SSSR count). The number of thioether (sulfide) groups is 1. The molecule has 1 fully saturated rings. The summed E-state index contributed by atoms with van der Waals surface area (Å²) in [6.07, 6.45) is 5.11. The van der Waals surface area contributed by atoms with Crippen LogP contribution < -0.4 is 10.2 Å². The van der Waals surface area contributed by atoms with Crippen LogP contribution in [0.4, 0.5) is 13.2 Å². The second-order valence-corrected chi connectivity index (χ2v) is 10.9. The van der Waals surface area contributed by atoms with Gasteiger partial charge in [-0.2, -0.15) is 0 Å². The Balaban J connectivity index is 1.36. The maximum absolute atomic E-state index is 13.9.